The predicted octanol–water partition coefficient (Wildman–Crippen LogP) is 4.61. The van der Waals surface area contributed by atoms with Gasteiger partial charge in [-0.1, -0.05) is 39.7 Å². The van der Waals surface area contributed by atoms with E-state index in [0.29, 0.717) is 11.7 Å². The average Bonchev–Trinajstić information content (AvgIpc) is 2.39. The molecule has 1 unspecified atom stereocenters. The molecule has 15 heavy (non-hydrogen) atoms. The van der Waals surface area contributed by atoms with Crippen LogP contribution in [0.3, 0.4) is 0 Å². The fourth-order valence-corrected chi connectivity index (χ4v) is 2.62. The summed E-state index contributed by atoms with van der Waals surface area (Å²) in [5.41, 5.74) is 2.81. The molecule has 0 saturated heterocycles. The van der Waals surface area contributed by atoms with E-state index in [2.05, 4.69) is 34.6 Å². The molecule has 0 heterocycles. The molecule has 1 atom stereocenters. The average molecular weight is 208 g/mol. The molecule has 0 radical (unpaired) electrons. The first-order valence-electron chi connectivity index (χ1n) is 6.04. The van der Waals surface area contributed by atoms with Crippen LogP contribution in [0.1, 0.15) is 53.9 Å². The lowest BCUT2D eigenvalue weighted by molar-refractivity contribution is 0.283. The van der Waals surface area contributed by atoms with E-state index < -0.39 is 0 Å². The fraction of sp³-hybridized carbons (Fsp3) is 0.714. The van der Waals surface area contributed by atoms with E-state index in [1.54, 1.807) is 0 Å². The van der Waals surface area contributed by atoms with Crippen molar-refractivity contribution < 1.29 is 5.11 Å². The highest BCUT2D eigenvalue weighted by molar-refractivity contribution is 5.38. The first-order valence-corrected chi connectivity index (χ1v) is 6.04. The first-order chi connectivity index (χ1) is 6.95. The van der Waals surface area contributed by atoms with E-state index in [9.17, 15) is 5.11 Å². The molecule has 0 aliphatic heterocycles. The highest BCUT2D eigenvalue weighted by atomic mass is 16.3. The second-order valence-electron chi connectivity index (χ2n) is 5.13. The molecule has 0 aromatic carbocycles. The van der Waals surface area contributed by atoms with Crippen LogP contribution in [0.4, 0.5) is 0 Å². The minimum atomic E-state index is 0.250. The summed E-state index contributed by atoms with van der Waals surface area (Å²) in [6, 6.07) is 0. The van der Waals surface area contributed by atoms with Gasteiger partial charge in [0.25, 0.3) is 0 Å². The van der Waals surface area contributed by atoms with Crippen LogP contribution >= 0.6 is 0 Å². The highest BCUT2D eigenvalue weighted by Crippen LogP contribution is 2.49. The fourth-order valence-electron chi connectivity index (χ4n) is 2.62. The van der Waals surface area contributed by atoms with Crippen LogP contribution in [-0.4, -0.2) is 5.11 Å². The second-order valence-corrected chi connectivity index (χ2v) is 5.13. The van der Waals surface area contributed by atoms with Crippen LogP contribution in [0.5, 0.6) is 0 Å². The largest absolute Gasteiger partial charge is 0.508 e. The van der Waals surface area contributed by atoms with Crippen LogP contribution in [0.2, 0.25) is 0 Å². The van der Waals surface area contributed by atoms with Gasteiger partial charge in [0.05, 0.1) is 0 Å². The van der Waals surface area contributed by atoms with Gasteiger partial charge in [0.15, 0.2) is 0 Å². The summed E-state index contributed by atoms with van der Waals surface area (Å²) in [4.78, 5) is 0. The molecule has 1 heteroatoms. The summed E-state index contributed by atoms with van der Waals surface area (Å²) in [6.45, 7) is 11.1. The molecular formula is C14H24O. The Morgan fingerprint density at radius 1 is 1.47 bits per heavy atom. The Morgan fingerprint density at radius 3 is 2.47 bits per heavy atom. The van der Waals surface area contributed by atoms with E-state index in [-0.39, 0.29) is 5.41 Å². The Hall–Kier alpha value is -0.720. The molecule has 0 spiro atoms. The smallest absolute Gasteiger partial charge is 0.114 e. The van der Waals surface area contributed by atoms with Gasteiger partial charge in [-0.25, -0.2) is 0 Å². The Balaban J connectivity index is 3.02. The zero-order valence-electron chi connectivity index (χ0n) is 10.7. The van der Waals surface area contributed by atoms with Crippen LogP contribution in [0.25, 0.3) is 0 Å². The van der Waals surface area contributed by atoms with Crippen LogP contribution in [0, 0.1) is 11.3 Å². The van der Waals surface area contributed by atoms with Gasteiger partial charge in [0.1, 0.15) is 5.76 Å². The van der Waals surface area contributed by atoms with E-state index >= 15 is 0 Å². The third-order valence-electron chi connectivity index (χ3n) is 4.09. The van der Waals surface area contributed by atoms with Gasteiger partial charge in [-0.3, -0.25) is 0 Å². The van der Waals surface area contributed by atoms with Gasteiger partial charge in [0.2, 0.25) is 0 Å². The van der Waals surface area contributed by atoms with E-state index in [1.165, 1.54) is 17.6 Å². The van der Waals surface area contributed by atoms with Gasteiger partial charge < -0.3 is 5.11 Å². The zero-order chi connectivity index (χ0) is 11.6. The lowest BCUT2D eigenvalue weighted by Crippen LogP contribution is -2.19. The third kappa shape index (κ3) is 2.11. The van der Waals surface area contributed by atoms with Crippen molar-refractivity contribution in [2.45, 2.75) is 53.9 Å². The minimum Gasteiger partial charge on any atom is -0.508 e. The molecule has 0 fully saturated rings. The molecule has 0 aromatic rings. The quantitative estimate of drug-likeness (QED) is 0.671. The topological polar surface area (TPSA) is 20.2 Å². The summed E-state index contributed by atoms with van der Waals surface area (Å²) in [5, 5.41) is 9.97. The van der Waals surface area contributed by atoms with Crippen molar-refractivity contribution in [2.75, 3.05) is 0 Å². The van der Waals surface area contributed by atoms with E-state index in [0.717, 1.165) is 12.8 Å². The maximum atomic E-state index is 9.97. The van der Waals surface area contributed by atoms with Gasteiger partial charge in [-0.05, 0) is 42.7 Å². The normalized spacial score (nSPS) is 26.2. The Morgan fingerprint density at radius 2 is 2.07 bits per heavy atom. The Kier molecular flexibility index (Phi) is 3.64. The minimum absolute atomic E-state index is 0.250. The molecule has 1 N–H and O–H groups in total. The highest BCUT2D eigenvalue weighted by Gasteiger charge is 2.38. The zero-order valence-corrected chi connectivity index (χ0v) is 10.7. The standard InChI is InChI=1S/C14H24O/c1-6-8-13(15)12-9-11(7-2)14(4,5)10(12)3/h8,11,15H,6-7,9H2,1-5H3. The molecule has 1 nitrogen and oxygen atoms in total. The summed E-state index contributed by atoms with van der Waals surface area (Å²) in [5.74, 6) is 1.19. The van der Waals surface area contributed by atoms with Crippen molar-refractivity contribution in [3.8, 4) is 0 Å². The van der Waals surface area contributed by atoms with Crippen molar-refractivity contribution in [3.05, 3.63) is 23.0 Å². The molecule has 0 saturated carbocycles. The summed E-state index contributed by atoms with van der Waals surface area (Å²) < 4.78 is 0. The van der Waals surface area contributed by atoms with Crippen molar-refractivity contribution in [2.24, 2.45) is 11.3 Å². The lowest BCUT2D eigenvalue weighted by atomic mass is 9.76. The third-order valence-corrected chi connectivity index (χ3v) is 4.09. The summed E-state index contributed by atoms with van der Waals surface area (Å²) >= 11 is 0. The molecule has 86 valence electrons. The number of rotatable bonds is 3. The number of hydrogen-bond donors (Lipinski definition) is 1. The maximum Gasteiger partial charge on any atom is 0.114 e. The molecule has 1 aliphatic rings. The SMILES string of the molecule is CCC=C(O)C1=C(C)C(C)(C)C(CC)C1. The Labute approximate surface area is 93.9 Å². The molecule has 0 aromatic heterocycles. The Bertz CT molecular complexity index is 294. The van der Waals surface area contributed by atoms with Gasteiger partial charge in [-0.2, -0.15) is 0 Å². The number of aliphatic hydroxyl groups excluding tert-OH is 1. The molecule has 1 aliphatic carbocycles. The molecule has 0 amide bonds. The van der Waals surface area contributed by atoms with Crippen molar-refractivity contribution in [1.82, 2.24) is 0 Å². The number of hydrogen-bond acceptors (Lipinski definition) is 1. The first kappa shape index (κ1) is 12.4. The summed E-state index contributed by atoms with van der Waals surface area (Å²) in [7, 11) is 0. The molecular weight excluding hydrogens is 184 g/mol. The van der Waals surface area contributed by atoms with Crippen LogP contribution in [-0.2, 0) is 0 Å². The molecule has 0 bridgehead atoms. The van der Waals surface area contributed by atoms with Crippen molar-refractivity contribution >= 4 is 0 Å². The number of allylic oxidation sites excluding steroid dienone is 3. The second kappa shape index (κ2) is 4.42. The van der Waals surface area contributed by atoms with Gasteiger partial charge in [-0.15, -0.1) is 0 Å². The monoisotopic (exact) mass is 208 g/mol. The van der Waals surface area contributed by atoms with Crippen molar-refractivity contribution in [1.29, 1.82) is 0 Å². The van der Waals surface area contributed by atoms with Crippen LogP contribution in [0.15, 0.2) is 23.0 Å². The molecule has 1 rings (SSSR count). The summed E-state index contributed by atoms with van der Waals surface area (Å²) in [6.07, 6.45) is 5.05. The van der Waals surface area contributed by atoms with E-state index in [1.807, 2.05) is 6.08 Å². The lowest BCUT2D eigenvalue weighted by Gasteiger charge is -2.28. The van der Waals surface area contributed by atoms with Crippen LogP contribution < -0.4 is 0 Å². The van der Waals surface area contributed by atoms with Gasteiger partial charge in [0, 0.05) is 0 Å². The number of aliphatic hydroxyl groups is 1. The van der Waals surface area contributed by atoms with Gasteiger partial charge >= 0.3 is 0 Å². The maximum absolute atomic E-state index is 9.97. The predicted molar refractivity (Wildman–Crippen MR) is 65.9 cm³/mol. The van der Waals surface area contributed by atoms with Crippen molar-refractivity contribution in [3.63, 3.8) is 0 Å². The van der Waals surface area contributed by atoms with E-state index in [4.69, 9.17) is 0 Å².